The van der Waals surface area contributed by atoms with Gasteiger partial charge >= 0.3 is 6.18 Å². The lowest BCUT2D eigenvalue weighted by atomic mass is 9.92. The van der Waals surface area contributed by atoms with Crippen molar-refractivity contribution in [3.05, 3.63) is 47.9 Å². The number of nitrogens with zero attached hydrogens (tertiary/aromatic N) is 6. The van der Waals surface area contributed by atoms with Crippen LogP contribution in [0.1, 0.15) is 79.4 Å². The Morgan fingerprint density at radius 2 is 2.00 bits per heavy atom. The van der Waals surface area contributed by atoms with Crippen molar-refractivity contribution < 1.29 is 17.9 Å². The number of allylic oxidation sites excluding steroid dienone is 1. The van der Waals surface area contributed by atoms with Gasteiger partial charge in [-0.25, -0.2) is 19.9 Å². The number of aryl methyl sites for hydroxylation is 1. The summed E-state index contributed by atoms with van der Waals surface area (Å²) in [5.74, 6) is 0.530. The summed E-state index contributed by atoms with van der Waals surface area (Å²) in [7, 11) is 0. The van der Waals surface area contributed by atoms with Gasteiger partial charge in [0.05, 0.1) is 29.7 Å². The van der Waals surface area contributed by atoms with E-state index in [-0.39, 0.29) is 24.0 Å². The van der Waals surface area contributed by atoms with Gasteiger partial charge in [-0.05, 0) is 44.6 Å². The van der Waals surface area contributed by atoms with Crippen molar-refractivity contribution in [2.24, 2.45) is 0 Å². The highest BCUT2D eigenvalue weighted by atomic mass is 19.4. The van der Waals surface area contributed by atoms with Crippen molar-refractivity contribution in [3.8, 4) is 0 Å². The van der Waals surface area contributed by atoms with Crippen molar-refractivity contribution in [3.63, 3.8) is 0 Å². The zero-order valence-electron chi connectivity index (χ0n) is 18.3. The van der Waals surface area contributed by atoms with Crippen molar-refractivity contribution in [1.29, 1.82) is 0 Å². The number of hydrogen-bond donors (Lipinski definition) is 0. The monoisotopic (exact) mass is 458 g/mol. The fraction of sp³-hybridized carbons (Fsp3) is 0.522. The van der Waals surface area contributed by atoms with Gasteiger partial charge in [0.15, 0.2) is 5.65 Å². The van der Waals surface area contributed by atoms with E-state index in [1.54, 1.807) is 13.1 Å². The maximum Gasteiger partial charge on any atom is 0.389 e. The van der Waals surface area contributed by atoms with Gasteiger partial charge < -0.3 is 4.74 Å². The lowest BCUT2D eigenvalue weighted by Crippen LogP contribution is -2.21. The van der Waals surface area contributed by atoms with Crippen LogP contribution in [-0.4, -0.2) is 42.5 Å². The third-order valence-corrected chi connectivity index (χ3v) is 6.15. The van der Waals surface area contributed by atoms with Crippen LogP contribution in [0, 0.1) is 6.92 Å². The van der Waals surface area contributed by atoms with Crippen molar-refractivity contribution in [2.75, 3.05) is 6.61 Å². The number of alkyl halides is 3. The van der Waals surface area contributed by atoms with E-state index < -0.39 is 12.6 Å². The van der Waals surface area contributed by atoms with Gasteiger partial charge in [-0.1, -0.05) is 6.58 Å². The predicted octanol–water partition coefficient (Wildman–Crippen LogP) is 5.25. The first-order valence-electron chi connectivity index (χ1n) is 11.2. The molecule has 1 saturated heterocycles. The molecule has 0 bridgehead atoms. The third kappa shape index (κ3) is 4.90. The van der Waals surface area contributed by atoms with Crippen LogP contribution in [0.3, 0.4) is 0 Å². The van der Waals surface area contributed by atoms with Gasteiger partial charge in [0.25, 0.3) is 0 Å². The maximum absolute atomic E-state index is 12.8. The van der Waals surface area contributed by atoms with Gasteiger partial charge in [0.1, 0.15) is 11.3 Å². The molecule has 2 aliphatic rings. The lowest BCUT2D eigenvalue weighted by Gasteiger charge is -2.28. The van der Waals surface area contributed by atoms with E-state index in [2.05, 4.69) is 31.6 Å². The van der Waals surface area contributed by atoms with E-state index in [0.717, 1.165) is 18.4 Å². The first-order valence-corrected chi connectivity index (χ1v) is 11.2. The second kappa shape index (κ2) is 8.48. The summed E-state index contributed by atoms with van der Waals surface area (Å²) in [5, 5.41) is 4.46. The highest BCUT2D eigenvalue weighted by molar-refractivity contribution is 5.83. The van der Waals surface area contributed by atoms with Crippen LogP contribution < -0.4 is 0 Å². The van der Waals surface area contributed by atoms with Gasteiger partial charge in [-0.2, -0.15) is 18.3 Å². The zero-order valence-corrected chi connectivity index (χ0v) is 18.3. The second-order valence-electron chi connectivity index (χ2n) is 8.90. The summed E-state index contributed by atoms with van der Waals surface area (Å²) in [4.78, 5) is 18.2. The molecule has 1 aliphatic heterocycles. The molecule has 2 fully saturated rings. The molecule has 2 atom stereocenters. The van der Waals surface area contributed by atoms with E-state index in [0.29, 0.717) is 53.9 Å². The van der Waals surface area contributed by atoms with E-state index in [1.807, 2.05) is 17.1 Å². The second-order valence-corrected chi connectivity index (χ2v) is 8.90. The Morgan fingerprint density at radius 3 is 2.76 bits per heavy atom. The van der Waals surface area contributed by atoms with Crippen LogP contribution in [0.5, 0.6) is 0 Å². The Labute approximate surface area is 189 Å². The van der Waals surface area contributed by atoms with Crippen molar-refractivity contribution in [1.82, 2.24) is 29.7 Å². The molecule has 0 radical (unpaired) electrons. The molecule has 3 aromatic rings. The minimum absolute atomic E-state index is 0.0195. The van der Waals surface area contributed by atoms with Crippen LogP contribution in [0.2, 0.25) is 0 Å². The van der Waals surface area contributed by atoms with Crippen LogP contribution in [-0.2, 0) is 4.74 Å². The van der Waals surface area contributed by atoms with Gasteiger partial charge in [0.2, 0.25) is 0 Å². The Morgan fingerprint density at radius 1 is 1.18 bits per heavy atom. The normalized spacial score (nSPS) is 21.5. The standard InChI is InChI=1S/C23H25F3N6O/c1-13(5-7-23(24,25)26)19-20-22(29-14(2)10-27-20)31-21(30-19)15-6-8-33-18(9-15)16-11-28-32(12-16)17-3-4-17/h10-12,15,17-18H,1,3-9H2,2H3/t15-,18+/m0/s1. The Hall–Kier alpha value is -2.88. The minimum atomic E-state index is -4.27. The molecule has 33 heavy (non-hydrogen) atoms. The van der Waals surface area contributed by atoms with E-state index in [9.17, 15) is 13.2 Å². The molecule has 3 aromatic heterocycles. The summed E-state index contributed by atoms with van der Waals surface area (Å²) < 4.78 is 46.4. The highest BCUT2D eigenvalue weighted by Gasteiger charge is 2.31. The molecule has 0 unspecified atom stereocenters. The average Bonchev–Trinajstić information content (AvgIpc) is 3.52. The third-order valence-electron chi connectivity index (χ3n) is 6.15. The molecule has 0 spiro atoms. The predicted molar refractivity (Wildman–Crippen MR) is 115 cm³/mol. The number of rotatable bonds is 6. The molecule has 7 nitrogen and oxygen atoms in total. The Kier molecular flexibility index (Phi) is 5.64. The fourth-order valence-corrected chi connectivity index (χ4v) is 4.17. The molecule has 0 aromatic carbocycles. The summed E-state index contributed by atoms with van der Waals surface area (Å²) in [6.07, 6.45) is 3.54. The fourth-order valence-electron chi connectivity index (χ4n) is 4.17. The summed E-state index contributed by atoms with van der Waals surface area (Å²) in [5.41, 5.74) is 3.09. The molecule has 0 amide bonds. The molecule has 4 heterocycles. The maximum atomic E-state index is 12.8. The summed E-state index contributed by atoms with van der Waals surface area (Å²) in [6, 6.07) is 0.494. The minimum Gasteiger partial charge on any atom is -0.373 e. The topological polar surface area (TPSA) is 78.6 Å². The largest absolute Gasteiger partial charge is 0.389 e. The van der Waals surface area contributed by atoms with Gasteiger partial charge in [-0.3, -0.25) is 4.68 Å². The van der Waals surface area contributed by atoms with Crippen molar-refractivity contribution in [2.45, 2.75) is 69.7 Å². The van der Waals surface area contributed by atoms with Gasteiger partial charge in [0, 0.05) is 36.9 Å². The number of halogens is 3. The molecular formula is C23H25F3N6O. The SMILES string of the molecule is C=C(CCC(F)(F)F)c1nc([C@H]2CCO[C@@H](c3cnn(C4CC4)c3)C2)nc2nc(C)cnc12. The first-order chi connectivity index (χ1) is 15.8. The molecular weight excluding hydrogens is 433 g/mol. The molecule has 174 valence electrons. The first kappa shape index (κ1) is 21.9. The van der Waals surface area contributed by atoms with Gasteiger partial charge in [-0.15, -0.1) is 0 Å². The number of ether oxygens (including phenoxy) is 1. The molecule has 10 heteroatoms. The summed E-state index contributed by atoms with van der Waals surface area (Å²) >= 11 is 0. The van der Waals surface area contributed by atoms with Crippen LogP contribution in [0.15, 0.2) is 25.2 Å². The highest BCUT2D eigenvalue weighted by Crippen LogP contribution is 2.39. The number of fused-ring (bicyclic) bond motifs is 1. The zero-order chi connectivity index (χ0) is 23.2. The lowest BCUT2D eigenvalue weighted by molar-refractivity contribution is -0.133. The van der Waals surface area contributed by atoms with E-state index >= 15 is 0 Å². The number of aromatic nitrogens is 6. The molecule has 0 N–H and O–H groups in total. The quantitative estimate of drug-likeness (QED) is 0.502. The summed E-state index contributed by atoms with van der Waals surface area (Å²) in [6.45, 7) is 6.22. The van der Waals surface area contributed by atoms with Crippen LogP contribution in [0.25, 0.3) is 16.7 Å². The van der Waals surface area contributed by atoms with Crippen LogP contribution >= 0.6 is 0 Å². The van der Waals surface area contributed by atoms with Crippen molar-refractivity contribution >= 4 is 16.7 Å². The van der Waals surface area contributed by atoms with E-state index in [1.165, 1.54) is 0 Å². The molecule has 5 rings (SSSR count). The average molecular weight is 458 g/mol. The molecule has 1 aliphatic carbocycles. The smallest absolute Gasteiger partial charge is 0.373 e. The Bertz CT molecular complexity index is 1190. The number of hydrogen-bond acceptors (Lipinski definition) is 6. The van der Waals surface area contributed by atoms with E-state index in [4.69, 9.17) is 4.74 Å². The Balaban J connectivity index is 1.44. The van der Waals surface area contributed by atoms with Crippen LogP contribution in [0.4, 0.5) is 13.2 Å². The molecule has 1 saturated carbocycles.